The first-order valence-corrected chi connectivity index (χ1v) is 6.59. The van der Waals surface area contributed by atoms with E-state index in [2.05, 4.69) is 30.2 Å². The maximum Gasteiger partial charge on any atom is 0.0108 e. The number of unbranched alkanes of at least 4 members (excludes halogenated alkanes) is 1. The van der Waals surface area contributed by atoms with Crippen molar-refractivity contribution < 1.29 is 0 Å². The highest BCUT2D eigenvalue weighted by atomic mass is 14.6. The Hall–Kier alpha value is -1.26. The molecule has 2 N–H and O–H groups in total. The van der Waals surface area contributed by atoms with E-state index in [0.717, 1.165) is 19.3 Å². The summed E-state index contributed by atoms with van der Waals surface area (Å²) in [5.74, 6) is 3.23. The average molecular weight is 227 g/mol. The lowest BCUT2D eigenvalue weighted by Crippen LogP contribution is -2.30. The van der Waals surface area contributed by atoms with Crippen LogP contribution in [0.2, 0.25) is 0 Å². The van der Waals surface area contributed by atoms with Crippen LogP contribution in [0.15, 0.2) is 24.3 Å². The summed E-state index contributed by atoms with van der Waals surface area (Å²) in [6.07, 6.45) is 11.9. The lowest BCUT2D eigenvalue weighted by Gasteiger charge is -2.30. The monoisotopic (exact) mass is 227 g/mol. The van der Waals surface area contributed by atoms with Crippen LogP contribution in [0.3, 0.4) is 0 Å². The zero-order valence-electron chi connectivity index (χ0n) is 10.4. The topological polar surface area (TPSA) is 26.0 Å². The molecule has 2 rings (SSSR count). The molecule has 0 saturated carbocycles. The molecule has 0 radical (unpaired) electrons. The summed E-state index contributed by atoms with van der Waals surface area (Å²) in [4.78, 5) is 0. The van der Waals surface area contributed by atoms with Crippen LogP contribution in [-0.4, -0.2) is 6.04 Å². The zero-order chi connectivity index (χ0) is 12.1. The molecule has 90 valence electrons. The molecule has 0 aliphatic heterocycles. The van der Waals surface area contributed by atoms with Gasteiger partial charge in [0.05, 0.1) is 0 Å². The molecule has 0 aromatic heterocycles. The summed E-state index contributed by atoms with van der Waals surface area (Å²) in [6.45, 7) is 0. The quantitative estimate of drug-likeness (QED) is 0.620. The van der Waals surface area contributed by atoms with Crippen molar-refractivity contribution in [3.05, 3.63) is 35.4 Å². The van der Waals surface area contributed by atoms with Crippen LogP contribution < -0.4 is 5.73 Å². The van der Waals surface area contributed by atoms with Gasteiger partial charge in [0.25, 0.3) is 0 Å². The number of hydrogen-bond donors (Lipinski definition) is 1. The molecule has 1 aliphatic rings. The molecular formula is C16H21N. The van der Waals surface area contributed by atoms with Crippen molar-refractivity contribution in [2.75, 3.05) is 0 Å². The summed E-state index contributed by atoms with van der Waals surface area (Å²) >= 11 is 0. The third-order valence-corrected chi connectivity index (χ3v) is 3.79. The van der Waals surface area contributed by atoms with Gasteiger partial charge in [-0.05, 0) is 49.1 Å². The number of benzene rings is 1. The van der Waals surface area contributed by atoms with Gasteiger partial charge in [-0.1, -0.05) is 24.3 Å². The largest absolute Gasteiger partial charge is 0.327 e. The number of aryl methyl sites for hydroxylation is 1. The predicted octanol–water partition coefficient (Wildman–Crippen LogP) is 3.24. The minimum Gasteiger partial charge on any atom is -0.327 e. The zero-order valence-corrected chi connectivity index (χ0v) is 10.4. The fraction of sp³-hybridized carbons (Fsp3) is 0.500. The van der Waals surface area contributed by atoms with Gasteiger partial charge in [0.1, 0.15) is 0 Å². The van der Waals surface area contributed by atoms with E-state index in [4.69, 9.17) is 12.2 Å². The van der Waals surface area contributed by atoms with Crippen molar-refractivity contribution in [3.63, 3.8) is 0 Å². The Balaban J connectivity index is 2.05. The van der Waals surface area contributed by atoms with Crippen molar-refractivity contribution in [2.45, 2.75) is 50.5 Å². The van der Waals surface area contributed by atoms with E-state index >= 15 is 0 Å². The van der Waals surface area contributed by atoms with Gasteiger partial charge >= 0.3 is 0 Å². The first kappa shape index (κ1) is 12.2. The Morgan fingerprint density at radius 3 is 3.06 bits per heavy atom. The SMILES string of the molecule is C#CCCCC(N)C1CCCc2ccccc21. The average Bonchev–Trinajstić information content (AvgIpc) is 2.38. The molecule has 0 amide bonds. The van der Waals surface area contributed by atoms with E-state index < -0.39 is 0 Å². The van der Waals surface area contributed by atoms with E-state index in [1.54, 1.807) is 0 Å². The molecule has 2 atom stereocenters. The summed E-state index contributed by atoms with van der Waals surface area (Å²) in [5.41, 5.74) is 9.31. The van der Waals surface area contributed by atoms with Crippen LogP contribution in [-0.2, 0) is 6.42 Å². The van der Waals surface area contributed by atoms with Crippen molar-refractivity contribution in [1.82, 2.24) is 0 Å². The van der Waals surface area contributed by atoms with Crippen LogP contribution in [0.5, 0.6) is 0 Å². The Labute approximate surface area is 104 Å². The number of nitrogens with two attached hydrogens (primary N) is 1. The second-order valence-corrected chi connectivity index (χ2v) is 4.96. The van der Waals surface area contributed by atoms with E-state index in [0.29, 0.717) is 5.92 Å². The molecule has 0 heterocycles. The maximum absolute atomic E-state index is 6.34. The molecule has 1 aliphatic carbocycles. The normalized spacial score (nSPS) is 20.4. The fourth-order valence-electron chi connectivity index (χ4n) is 2.88. The Morgan fingerprint density at radius 2 is 2.24 bits per heavy atom. The molecule has 1 aromatic rings. The van der Waals surface area contributed by atoms with Crippen LogP contribution in [0.1, 0.15) is 49.1 Å². The molecule has 0 spiro atoms. The van der Waals surface area contributed by atoms with Gasteiger partial charge in [0.2, 0.25) is 0 Å². The molecule has 1 heteroatoms. The molecule has 1 aromatic carbocycles. The van der Waals surface area contributed by atoms with Gasteiger partial charge in [-0.25, -0.2) is 0 Å². The standard InChI is InChI=1S/C16H21N/c1-2-3-4-12-16(17)15-11-7-9-13-8-5-6-10-14(13)15/h1,5-6,8,10,15-16H,3-4,7,9,11-12,17H2. The maximum atomic E-state index is 6.34. The highest BCUT2D eigenvalue weighted by Crippen LogP contribution is 2.34. The van der Waals surface area contributed by atoms with Crippen LogP contribution >= 0.6 is 0 Å². The predicted molar refractivity (Wildman–Crippen MR) is 72.8 cm³/mol. The van der Waals surface area contributed by atoms with Gasteiger partial charge in [0.15, 0.2) is 0 Å². The lowest BCUT2D eigenvalue weighted by atomic mass is 9.78. The van der Waals surface area contributed by atoms with Gasteiger partial charge in [0, 0.05) is 12.5 Å². The second-order valence-electron chi connectivity index (χ2n) is 4.96. The van der Waals surface area contributed by atoms with E-state index in [1.165, 1.54) is 30.4 Å². The summed E-state index contributed by atoms with van der Waals surface area (Å²) in [6, 6.07) is 9.02. The second kappa shape index (κ2) is 5.89. The molecule has 2 unspecified atom stereocenters. The highest BCUT2D eigenvalue weighted by molar-refractivity contribution is 5.33. The molecule has 0 saturated heterocycles. The van der Waals surface area contributed by atoms with Crippen molar-refractivity contribution >= 4 is 0 Å². The minimum absolute atomic E-state index is 0.268. The summed E-state index contributed by atoms with van der Waals surface area (Å²) in [7, 11) is 0. The molecule has 0 fully saturated rings. The van der Waals surface area contributed by atoms with Gasteiger partial charge in [-0.2, -0.15) is 0 Å². The van der Waals surface area contributed by atoms with Crippen LogP contribution in [0.25, 0.3) is 0 Å². The number of fused-ring (bicyclic) bond motifs is 1. The van der Waals surface area contributed by atoms with E-state index in [1.807, 2.05) is 0 Å². The summed E-state index contributed by atoms with van der Waals surface area (Å²) in [5, 5.41) is 0. The molecular weight excluding hydrogens is 206 g/mol. The van der Waals surface area contributed by atoms with Crippen molar-refractivity contribution in [2.24, 2.45) is 5.73 Å². The van der Waals surface area contributed by atoms with Gasteiger partial charge < -0.3 is 5.73 Å². The first-order valence-electron chi connectivity index (χ1n) is 6.59. The van der Waals surface area contributed by atoms with Gasteiger partial charge in [-0.3, -0.25) is 0 Å². The third kappa shape index (κ3) is 2.90. The third-order valence-electron chi connectivity index (χ3n) is 3.79. The molecule has 17 heavy (non-hydrogen) atoms. The van der Waals surface area contributed by atoms with Crippen LogP contribution in [0, 0.1) is 12.3 Å². The van der Waals surface area contributed by atoms with Crippen molar-refractivity contribution in [3.8, 4) is 12.3 Å². The van der Waals surface area contributed by atoms with E-state index in [-0.39, 0.29) is 6.04 Å². The molecule has 0 bridgehead atoms. The number of hydrogen-bond acceptors (Lipinski definition) is 1. The van der Waals surface area contributed by atoms with Gasteiger partial charge in [-0.15, -0.1) is 12.3 Å². The minimum atomic E-state index is 0.268. The first-order chi connectivity index (χ1) is 8.33. The number of rotatable bonds is 4. The fourth-order valence-corrected chi connectivity index (χ4v) is 2.88. The number of terminal acetylenes is 1. The smallest absolute Gasteiger partial charge is 0.0108 e. The van der Waals surface area contributed by atoms with Crippen molar-refractivity contribution in [1.29, 1.82) is 0 Å². The Kier molecular flexibility index (Phi) is 4.23. The summed E-state index contributed by atoms with van der Waals surface area (Å²) < 4.78 is 0. The molecule has 1 nitrogen and oxygen atoms in total. The lowest BCUT2D eigenvalue weighted by molar-refractivity contribution is 0.435. The Morgan fingerprint density at radius 1 is 1.41 bits per heavy atom. The Bertz CT molecular complexity index is 402. The highest BCUT2D eigenvalue weighted by Gasteiger charge is 2.24. The van der Waals surface area contributed by atoms with Crippen LogP contribution in [0.4, 0.5) is 0 Å². The van der Waals surface area contributed by atoms with E-state index in [9.17, 15) is 0 Å².